The topological polar surface area (TPSA) is 29.1 Å². The summed E-state index contributed by atoms with van der Waals surface area (Å²) in [4.78, 5) is 12.3. The number of carbonyl (C=O) groups excluding carboxylic acids is 1. The number of benzene rings is 2. The maximum Gasteiger partial charge on any atom is 0.167 e. The highest BCUT2D eigenvalue weighted by molar-refractivity contribution is 5.97. The molecule has 110 valence electrons. The Kier molecular flexibility index (Phi) is 4.37. The van der Waals surface area contributed by atoms with E-state index in [2.05, 4.69) is 35.5 Å². The fraction of sp³-hybridized carbons (Fsp3) is 0.250. The molecule has 0 spiro atoms. The Morgan fingerprint density at radius 3 is 2.45 bits per heavy atom. The summed E-state index contributed by atoms with van der Waals surface area (Å²) in [6, 6.07) is 15.7. The van der Waals surface area contributed by atoms with E-state index >= 15 is 0 Å². The summed E-state index contributed by atoms with van der Waals surface area (Å²) in [6.45, 7) is 2.15. The fourth-order valence-electron chi connectivity index (χ4n) is 2.89. The van der Waals surface area contributed by atoms with Gasteiger partial charge in [-0.2, -0.15) is 0 Å². The standard InChI is InChI=1S/C20H19NO/c1-2-15-3-9-18(10-4-15)20(22)13-16-5-7-17(8-6-16)19-11-12-21-14-19/h1,3-10,19,21H,11-14H2. The second-order valence-corrected chi connectivity index (χ2v) is 5.75. The van der Waals surface area contributed by atoms with E-state index in [9.17, 15) is 4.79 Å². The summed E-state index contributed by atoms with van der Waals surface area (Å²) in [6.07, 6.45) is 6.95. The van der Waals surface area contributed by atoms with E-state index in [1.807, 2.05) is 12.1 Å². The quantitative estimate of drug-likeness (QED) is 0.692. The van der Waals surface area contributed by atoms with Gasteiger partial charge in [-0.25, -0.2) is 0 Å². The first-order chi connectivity index (χ1) is 10.8. The second kappa shape index (κ2) is 6.60. The van der Waals surface area contributed by atoms with Gasteiger partial charge in [0.25, 0.3) is 0 Å². The van der Waals surface area contributed by atoms with Crippen LogP contribution in [0.5, 0.6) is 0 Å². The SMILES string of the molecule is C#Cc1ccc(C(=O)Cc2ccc(C3CCNC3)cc2)cc1. The first-order valence-corrected chi connectivity index (χ1v) is 7.65. The third-order valence-electron chi connectivity index (χ3n) is 4.25. The van der Waals surface area contributed by atoms with Crippen LogP contribution in [0.25, 0.3) is 0 Å². The molecule has 1 aliphatic rings. The minimum atomic E-state index is 0.124. The molecule has 2 heteroatoms. The van der Waals surface area contributed by atoms with Gasteiger partial charge in [0.1, 0.15) is 0 Å². The van der Waals surface area contributed by atoms with Crippen LogP contribution in [0.15, 0.2) is 48.5 Å². The van der Waals surface area contributed by atoms with E-state index < -0.39 is 0 Å². The van der Waals surface area contributed by atoms with E-state index in [0.29, 0.717) is 17.9 Å². The van der Waals surface area contributed by atoms with Gasteiger partial charge in [0.05, 0.1) is 0 Å². The van der Waals surface area contributed by atoms with Gasteiger partial charge >= 0.3 is 0 Å². The molecule has 2 aromatic rings. The number of nitrogens with one attached hydrogen (secondary N) is 1. The van der Waals surface area contributed by atoms with Crippen LogP contribution < -0.4 is 5.32 Å². The Bertz CT molecular complexity index is 686. The van der Waals surface area contributed by atoms with Crippen LogP contribution in [0, 0.1) is 12.3 Å². The Labute approximate surface area is 131 Å². The van der Waals surface area contributed by atoms with Crippen LogP contribution in [-0.2, 0) is 6.42 Å². The third-order valence-corrected chi connectivity index (χ3v) is 4.25. The lowest BCUT2D eigenvalue weighted by atomic mass is 9.95. The van der Waals surface area contributed by atoms with Crippen LogP contribution in [0.1, 0.15) is 39.4 Å². The third kappa shape index (κ3) is 3.27. The number of hydrogen-bond acceptors (Lipinski definition) is 2. The lowest BCUT2D eigenvalue weighted by Gasteiger charge is -2.09. The molecular formula is C20H19NO. The van der Waals surface area contributed by atoms with Gasteiger partial charge in [0.15, 0.2) is 5.78 Å². The summed E-state index contributed by atoms with van der Waals surface area (Å²) < 4.78 is 0. The van der Waals surface area contributed by atoms with E-state index in [1.165, 1.54) is 12.0 Å². The molecule has 2 aromatic carbocycles. The van der Waals surface area contributed by atoms with Crippen LogP contribution in [0.3, 0.4) is 0 Å². The highest BCUT2D eigenvalue weighted by Gasteiger charge is 2.16. The molecule has 1 heterocycles. The average molecular weight is 289 g/mol. The molecule has 1 fully saturated rings. The summed E-state index contributed by atoms with van der Waals surface area (Å²) in [7, 11) is 0. The molecule has 0 bridgehead atoms. The smallest absolute Gasteiger partial charge is 0.167 e. The molecule has 0 radical (unpaired) electrons. The highest BCUT2D eigenvalue weighted by Crippen LogP contribution is 2.22. The van der Waals surface area contributed by atoms with Gasteiger partial charge in [-0.05, 0) is 42.1 Å². The molecular weight excluding hydrogens is 270 g/mol. The zero-order chi connectivity index (χ0) is 15.4. The van der Waals surface area contributed by atoms with Crippen molar-refractivity contribution in [3.63, 3.8) is 0 Å². The zero-order valence-corrected chi connectivity index (χ0v) is 12.5. The van der Waals surface area contributed by atoms with Gasteiger partial charge in [-0.1, -0.05) is 42.3 Å². The van der Waals surface area contributed by atoms with Crippen molar-refractivity contribution in [2.75, 3.05) is 13.1 Å². The van der Waals surface area contributed by atoms with Gasteiger partial charge in [-0.3, -0.25) is 4.79 Å². The first kappa shape index (κ1) is 14.6. The molecule has 1 atom stereocenters. The Morgan fingerprint density at radius 1 is 1.14 bits per heavy atom. The lowest BCUT2D eigenvalue weighted by molar-refractivity contribution is 0.0993. The first-order valence-electron chi connectivity index (χ1n) is 7.65. The van der Waals surface area contributed by atoms with Crippen molar-refractivity contribution in [2.24, 2.45) is 0 Å². The molecule has 0 amide bonds. The maximum atomic E-state index is 12.3. The highest BCUT2D eigenvalue weighted by atomic mass is 16.1. The van der Waals surface area contributed by atoms with Crippen molar-refractivity contribution in [1.82, 2.24) is 5.32 Å². The number of ketones is 1. The molecule has 1 N–H and O–H groups in total. The predicted molar refractivity (Wildman–Crippen MR) is 89.1 cm³/mol. The van der Waals surface area contributed by atoms with Crippen molar-refractivity contribution in [3.8, 4) is 12.3 Å². The van der Waals surface area contributed by atoms with Crippen molar-refractivity contribution in [1.29, 1.82) is 0 Å². The van der Waals surface area contributed by atoms with Crippen LogP contribution in [-0.4, -0.2) is 18.9 Å². The van der Waals surface area contributed by atoms with Crippen LogP contribution >= 0.6 is 0 Å². The minimum Gasteiger partial charge on any atom is -0.316 e. The minimum absolute atomic E-state index is 0.124. The van der Waals surface area contributed by atoms with Crippen molar-refractivity contribution in [2.45, 2.75) is 18.8 Å². The Balaban J connectivity index is 1.66. The van der Waals surface area contributed by atoms with Gasteiger partial charge in [0, 0.05) is 24.1 Å². The normalized spacial score (nSPS) is 17.1. The van der Waals surface area contributed by atoms with Crippen molar-refractivity contribution < 1.29 is 4.79 Å². The molecule has 2 nitrogen and oxygen atoms in total. The number of rotatable bonds is 4. The molecule has 22 heavy (non-hydrogen) atoms. The Hall–Kier alpha value is -2.37. The molecule has 3 rings (SSSR count). The van der Waals surface area contributed by atoms with Crippen LogP contribution in [0.2, 0.25) is 0 Å². The summed E-state index contributed by atoms with van der Waals surface area (Å²) in [5.74, 6) is 3.30. The van der Waals surface area contributed by atoms with Gasteiger partial charge in [0.2, 0.25) is 0 Å². The molecule has 1 aliphatic heterocycles. The summed E-state index contributed by atoms with van der Waals surface area (Å²) in [5, 5.41) is 3.38. The number of terminal acetylenes is 1. The zero-order valence-electron chi connectivity index (χ0n) is 12.5. The maximum absolute atomic E-state index is 12.3. The van der Waals surface area contributed by atoms with E-state index in [1.54, 1.807) is 12.1 Å². The predicted octanol–water partition coefficient (Wildman–Crippen LogP) is 3.17. The monoisotopic (exact) mass is 289 g/mol. The van der Waals surface area contributed by atoms with Gasteiger partial charge in [-0.15, -0.1) is 6.42 Å². The molecule has 1 saturated heterocycles. The second-order valence-electron chi connectivity index (χ2n) is 5.75. The average Bonchev–Trinajstić information content (AvgIpc) is 3.10. The fourth-order valence-corrected chi connectivity index (χ4v) is 2.89. The summed E-state index contributed by atoms with van der Waals surface area (Å²) in [5.41, 5.74) is 3.93. The number of Topliss-reactive ketones (excluding diaryl/α,β-unsaturated/α-hetero) is 1. The number of hydrogen-bond donors (Lipinski definition) is 1. The molecule has 0 aliphatic carbocycles. The molecule has 0 saturated carbocycles. The molecule has 1 unspecified atom stereocenters. The van der Waals surface area contributed by atoms with Gasteiger partial charge < -0.3 is 5.32 Å². The van der Waals surface area contributed by atoms with Crippen molar-refractivity contribution >= 4 is 5.78 Å². The largest absolute Gasteiger partial charge is 0.316 e. The van der Waals surface area contributed by atoms with E-state index in [4.69, 9.17) is 6.42 Å². The lowest BCUT2D eigenvalue weighted by Crippen LogP contribution is -2.08. The number of carbonyl (C=O) groups is 1. The summed E-state index contributed by atoms with van der Waals surface area (Å²) >= 11 is 0. The van der Waals surface area contributed by atoms with Crippen molar-refractivity contribution in [3.05, 3.63) is 70.8 Å². The van der Waals surface area contributed by atoms with Crippen LogP contribution in [0.4, 0.5) is 0 Å². The molecule has 0 aromatic heterocycles. The Morgan fingerprint density at radius 2 is 1.86 bits per heavy atom. The van der Waals surface area contributed by atoms with E-state index in [-0.39, 0.29) is 5.78 Å². The van der Waals surface area contributed by atoms with E-state index in [0.717, 1.165) is 24.2 Å².